The second kappa shape index (κ2) is 6.08. The van der Waals surface area contributed by atoms with E-state index in [1.54, 1.807) is 19.1 Å². The van der Waals surface area contributed by atoms with Crippen molar-refractivity contribution in [3.63, 3.8) is 0 Å². The van der Waals surface area contributed by atoms with E-state index in [2.05, 4.69) is 10.4 Å². The molecular weight excluding hydrogens is 328 g/mol. The van der Waals surface area contributed by atoms with Crippen molar-refractivity contribution in [1.82, 2.24) is 5.12 Å². The predicted molar refractivity (Wildman–Crippen MR) is 87.4 cm³/mol. The van der Waals surface area contributed by atoms with E-state index < -0.39 is 29.7 Å². The number of hydrogen-bond acceptors (Lipinski definition) is 7. The van der Waals surface area contributed by atoms with Gasteiger partial charge >= 0.3 is 5.97 Å². The van der Waals surface area contributed by atoms with Crippen LogP contribution in [0, 0.1) is 24.7 Å². The average Bonchev–Trinajstić information content (AvgIpc) is 3.04. The normalized spacial score (nSPS) is 22.1. The van der Waals surface area contributed by atoms with Crippen molar-refractivity contribution in [3.05, 3.63) is 34.2 Å². The molecule has 2 aliphatic heterocycles. The number of fused-ring (bicyclic) bond motifs is 1. The van der Waals surface area contributed by atoms with E-state index in [0.717, 1.165) is 16.0 Å². The van der Waals surface area contributed by atoms with Gasteiger partial charge < -0.3 is 4.74 Å². The summed E-state index contributed by atoms with van der Waals surface area (Å²) in [6.07, 6.45) is 0. The first kappa shape index (κ1) is 16.7. The molecule has 2 atom stereocenters. The van der Waals surface area contributed by atoms with Gasteiger partial charge in [0.05, 0.1) is 17.6 Å². The molecule has 0 aromatic heterocycles. The Hall–Kier alpha value is -3.10. The molecule has 2 heterocycles. The van der Waals surface area contributed by atoms with Crippen LogP contribution < -0.4 is 4.90 Å². The van der Waals surface area contributed by atoms with Crippen molar-refractivity contribution in [2.75, 3.05) is 11.5 Å². The van der Waals surface area contributed by atoms with E-state index in [4.69, 9.17) is 4.74 Å². The van der Waals surface area contributed by atoms with Crippen LogP contribution in [0.25, 0.3) is 0 Å². The van der Waals surface area contributed by atoms with Gasteiger partial charge in [-0.2, -0.15) is 0 Å². The van der Waals surface area contributed by atoms with Gasteiger partial charge in [-0.3, -0.25) is 9.59 Å². The number of benzene rings is 1. The predicted octanol–water partition coefficient (Wildman–Crippen LogP) is 1.08. The molecule has 2 amide bonds. The Kier molecular flexibility index (Phi) is 4.07. The van der Waals surface area contributed by atoms with Crippen LogP contribution in [-0.4, -0.2) is 41.3 Å². The number of amides is 2. The fourth-order valence-electron chi connectivity index (χ4n) is 3.17. The standard InChI is InChI=1S/C16H16N4O5/c1-4-25-16(23)12-11-13(20(17-12)18-24)15(22)19(14(11)21)10-6-8(2)5-9(3)7-10/h5-7,11,13H,4H2,1-3H3/t11-,13-/m0/s1. The zero-order valence-electron chi connectivity index (χ0n) is 13.9. The van der Waals surface area contributed by atoms with Crippen molar-refractivity contribution in [3.8, 4) is 0 Å². The van der Waals surface area contributed by atoms with Crippen LogP contribution in [0.4, 0.5) is 5.69 Å². The minimum absolute atomic E-state index is 0.0761. The van der Waals surface area contributed by atoms with E-state index in [1.807, 2.05) is 19.9 Å². The van der Waals surface area contributed by atoms with Crippen LogP contribution in [-0.2, 0) is 19.1 Å². The molecule has 0 aliphatic carbocycles. The van der Waals surface area contributed by atoms with Crippen molar-refractivity contribution in [1.29, 1.82) is 0 Å². The summed E-state index contributed by atoms with van der Waals surface area (Å²) in [4.78, 5) is 49.6. The Morgan fingerprint density at radius 3 is 2.40 bits per heavy atom. The SMILES string of the molecule is CCOC(=O)C1=NN(N=O)[C@@H]2C(=O)N(c3cc(C)cc(C)c3)C(=O)[C@@H]12. The number of esters is 1. The highest BCUT2D eigenvalue weighted by Gasteiger charge is 2.59. The molecule has 1 aromatic carbocycles. The van der Waals surface area contributed by atoms with Crippen molar-refractivity contribution in [2.45, 2.75) is 26.8 Å². The Morgan fingerprint density at radius 2 is 1.84 bits per heavy atom. The summed E-state index contributed by atoms with van der Waals surface area (Å²) in [7, 11) is 0. The van der Waals surface area contributed by atoms with E-state index >= 15 is 0 Å². The van der Waals surface area contributed by atoms with Crippen LogP contribution in [0.2, 0.25) is 0 Å². The third-order valence-electron chi connectivity index (χ3n) is 4.06. The van der Waals surface area contributed by atoms with Crippen molar-refractivity contribution < 1.29 is 19.1 Å². The Balaban J connectivity index is 2.03. The van der Waals surface area contributed by atoms with Crippen LogP contribution in [0.5, 0.6) is 0 Å². The summed E-state index contributed by atoms with van der Waals surface area (Å²) in [6.45, 7) is 5.36. The number of ether oxygens (including phenoxy) is 1. The van der Waals surface area contributed by atoms with Gasteiger partial charge in [-0.25, -0.2) is 9.69 Å². The zero-order valence-corrected chi connectivity index (χ0v) is 13.9. The monoisotopic (exact) mass is 344 g/mol. The molecule has 0 saturated carbocycles. The third kappa shape index (κ3) is 2.57. The molecule has 0 spiro atoms. The molecule has 9 nitrogen and oxygen atoms in total. The molecule has 25 heavy (non-hydrogen) atoms. The molecule has 0 unspecified atom stereocenters. The second-order valence-corrected chi connectivity index (χ2v) is 5.89. The minimum Gasteiger partial charge on any atom is -0.461 e. The largest absolute Gasteiger partial charge is 0.461 e. The number of carbonyl (C=O) groups is 3. The fraction of sp³-hybridized carbons (Fsp3) is 0.375. The highest BCUT2D eigenvalue weighted by molar-refractivity contribution is 6.46. The molecule has 3 rings (SSSR count). The summed E-state index contributed by atoms with van der Waals surface area (Å²) in [5.74, 6) is -3.32. The van der Waals surface area contributed by atoms with Crippen molar-refractivity contribution in [2.24, 2.45) is 16.3 Å². The van der Waals surface area contributed by atoms with Crippen LogP contribution >= 0.6 is 0 Å². The zero-order chi connectivity index (χ0) is 18.3. The fourth-order valence-corrected chi connectivity index (χ4v) is 3.17. The molecule has 0 N–H and O–H groups in total. The maximum Gasteiger partial charge on any atom is 0.355 e. The maximum atomic E-state index is 12.8. The first-order valence-corrected chi connectivity index (χ1v) is 7.73. The lowest BCUT2D eigenvalue weighted by Gasteiger charge is -2.18. The van der Waals surface area contributed by atoms with Crippen LogP contribution in [0.15, 0.2) is 28.6 Å². The number of aryl methyl sites for hydroxylation is 2. The summed E-state index contributed by atoms with van der Waals surface area (Å²) >= 11 is 0. The number of nitroso groups, excluding NO2 is 1. The first-order valence-electron chi connectivity index (χ1n) is 7.73. The van der Waals surface area contributed by atoms with Crippen LogP contribution in [0.1, 0.15) is 18.1 Å². The summed E-state index contributed by atoms with van der Waals surface area (Å²) in [5, 5.41) is 6.93. The van der Waals surface area contributed by atoms with Gasteiger partial charge in [0.1, 0.15) is 5.92 Å². The third-order valence-corrected chi connectivity index (χ3v) is 4.06. The summed E-state index contributed by atoms with van der Waals surface area (Å²) in [6, 6.07) is 4.01. The van der Waals surface area contributed by atoms with Gasteiger partial charge in [-0.1, -0.05) is 6.07 Å². The number of hydrogen-bond donors (Lipinski definition) is 0. The topological polar surface area (TPSA) is 109 Å². The molecule has 1 aromatic rings. The van der Waals surface area contributed by atoms with E-state index in [1.165, 1.54) is 0 Å². The summed E-state index contributed by atoms with van der Waals surface area (Å²) in [5.41, 5.74) is 1.85. The van der Waals surface area contributed by atoms with Crippen molar-refractivity contribution >= 4 is 29.2 Å². The highest BCUT2D eigenvalue weighted by Crippen LogP contribution is 2.36. The number of nitrogens with zero attached hydrogens (tertiary/aromatic N) is 4. The van der Waals surface area contributed by atoms with E-state index in [0.29, 0.717) is 10.8 Å². The Morgan fingerprint density at radius 1 is 1.20 bits per heavy atom. The van der Waals surface area contributed by atoms with E-state index in [-0.39, 0.29) is 12.3 Å². The number of carbonyl (C=O) groups excluding carboxylic acids is 3. The number of hydrazone groups is 1. The molecule has 1 saturated heterocycles. The number of anilines is 1. The molecular formula is C16H16N4O5. The second-order valence-electron chi connectivity index (χ2n) is 5.89. The van der Waals surface area contributed by atoms with Gasteiger partial charge in [0.15, 0.2) is 11.8 Å². The number of imide groups is 1. The quantitative estimate of drug-likeness (QED) is 0.459. The average molecular weight is 344 g/mol. The Bertz CT molecular complexity index is 798. The Labute approximate surface area is 143 Å². The first-order chi connectivity index (χ1) is 11.9. The van der Waals surface area contributed by atoms with Gasteiger partial charge in [-0.05, 0) is 44.0 Å². The lowest BCUT2D eigenvalue weighted by molar-refractivity contribution is -0.136. The molecule has 0 bridgehead atoms. The number of rotatable bonds is 4. The van der Waals surface area contributed by atoms with Gasteiger partial charge in [0.25, 0.3) is 5.91 Å². The molecule has 0 radical (unpaired) electrons. The van der Waals surface area contributed by atoms with Gasteiger partial charge in [-0.15, -0.1) is 15.1 Å². The summed E-state index contributed by atoms with van der Waals surface area (Å²) < 4.78 is 4.87. The minimum atomic E-state index is -1.26. The van der Waals surface area contributed by atoms with Crippen LogP contribution in [0.3, 0.4) is 0 Å². The molecule has 9 heteroatoms. The van der Waals surface area contributed by atoms with Gasteiger partial charge in [0, 0.05) is 0 Å². The molecule has 130 valence electrons. The van der Waals surface area contributed by atoms with E-state index in [9.17, 15) is 19.3 Å². The lowest BCUT2D eigenvalue weighted by atomic mass is 9.98. The maximum absolute atomic E-state index is 12.8. The molecule has 1 fully saturated rings. The highest BCUT2D eigenvalue weighted by atomic mass is 16.5. The molecule has 2 aliphatic rings. The smallest absolute Gasteiger partial charge is 0.355 e. The van der Waals surface area contributed by atoms with Gasteiger partial charge in [0.2, 0.25) is 5.91 Å². The lowest BCUT2D eigenvalue weighted by Crippen LogP contribution is -2.36.